The molecule has 0 saturated heterocycles. The quantitative estimate of drug-likeness (QED) is 0.508. The average molecular weight is 255 g/mol. The van der Waals surface area contributed by atoms with Crippen molar-refractivity contribution in [1.29, 1.82) is 0 Å². The number of hydrogen-bond donors (Lipinski definition) is 1. The van der Waals surface area contributed by atoms with Crippen LogP contribution in [0, 0.1) is 0 Å². The third kappa shape index (κ3) is 1.98. The highest BCUT2D eigenvalue weighted by Crippen LogP contribution is 2.51. The zero-order valence-corrected chi connectivity index (χ0v) is 10.6. The first kappa shape index (κ1) is 12.2. The van der Waals surface area contributed by atoms with E-state index in [1.165, 1.54) is 0 Å². The predicted octanol–water partition coefficient (Wildman–Crippen LogP) is 1.71. The normalized spacial score (nSPS) is 16.5. The molecule has 17 heavy (non-hydrogen) atoms. The minimum atomic E-state index is -0.521. The molecular weight excluding hydrogens is 240 g/mol. The van der Waals surface area contributed by atoms with Crippen LogP contribution in [0.5, 0.6) is 5.75 Å². The highest BCUT2D eigenvalue weighted by molar-refractivity contribution is 6.32. The van der Waals surface area contributed by atoms with E-state index in [0.29, 0.717) is 10.8 Å². The molecule has 1 aromatic rings. The van der Waals surface area contributed by atoms with Gasteiger partial charge >= 0.3 is 0 Å². The largest absolute Gasteiger partial charge is 0.497 e. The molecule has 1 fully saturated rings. The summed E-state index contributed by atoms with van der Waals surface area (Å²) >= 11 is 6.19. The smallest absolute Gasteiger partial charge is 0.246 e. The van der Waals surface area contributed by atoms with Crippen LogP contribution in [0.2, 0.25) is 5.02 Å². The number of nitrogens with zero attached hydrogens (tertiary/aromatic N) is 1. The van der Waals surface area contributed by atoms with Crippen LogP contribution in [0.4, 0.5) is 0 Å². The highest BCUT2D eigenvalue weighted by atomic mass is 35.5. The molecule has 1 amide bonds. The van der Waals surface area contributed by atoms with Crippen LogP contribution in [0.1, 0.15) is 18.4 Å². The first-order chi connectivity index (χ1) is 8.01. The first-order valence-corrected chi connectivity index (χ1v) is 5.76. The number of benzene rings is 1. The fourth-order valence-electron chi connectivity index (χ4n) is 2.07. The van der Waals surface area contributed by atoms with Gasteiger partial charge in [0, 0.05) is 12.1 Å². The molecule has 92 valence electrons. The summed E-state index contributed by atoms with van der Waals surface area (Å²) < 4.78 is 5.09. The Balaban J connectivity index is 2.38. The van der Waals surface area contributed by atoms with Crippen LogP contribution in [-0.2, 0) is 10.2 Å². The molecule has 2 rings (SSSR count). The Morgan fingerprint density at radius 1 is 1.53 bits per heavy atom. The molecule has 0 unspecified atom stereocenters. The first-order valence-electron chi connectivity index (χ1n) is 5.38. The van der Waals surface area contributed by atoms with Crippen molar-refractivity contribution < 1.29 is 9.53 Å². The molecule has 0 radical (unpaired) electrons. The molecule has 0 heterocycles. The number of likely N-dealkylation sites (N-methyl/N-ethyl adjacent to an activating group) is 1. The summed E-state index contributed by atoms with van der Waals surface area (Å²) in [7, 11) is 3.14. The van der Waals surface area contributed by atoms with Gasteiger partial charge in [-0.2, -0.15) is 0 Å². The van der Waals surface area contributed by atoms with Gasteiger partial charge in [0.05, 0.1) is 12.5 Å². The number of hydrogen-bond acceptors (Lipinski definition) is 3. The van der Waals surface area contributed by atoms with Crippen molar-refractivity contribution in [2.45, 2.75) is 18.3 Å². The number of hydrazine groups is 1. The lowest BCUT2D eigenvalue weighted by Crippen LogP contribution is -2.41. The molecule has 1 aliphatic rings. The van der Waals surface area contributed by atoms with E-state index in [-0.39, 0.29) is 5.91 Å². The Kier molecular flexibility index (Phi) is 3.02. The average Bonchev–Trinajstić information content (AvgIpc) is 3.09. The number of carbonyl (C=O) groups excluding carboxylic acids is 1. The highest BCUT2D eigenvalue weighted by Gasteiger charge is 2.53. The Hall–Kier alpha value is -1.26. The van der Waals surface area contributed by atoms with Gasteiger partial charge in [0.15, 0.2) is 0 Å². The maximum absolute atomic E-state index is 12.0. The van der Waals surface area contributed by atoms with Gasteiger partial charge in [0.25, 0.3) is 0 Å². The summed E-state index contributed by atoms with van der Waals surface area (Å²) in [6.45, 7) is 0. The second kappa shape index (κ2) is 4.20. The van der Waals surface area contributed by atoms with Crippen molar-refractivity contribution in [2.24, 2.45) is 5.84 Å². The van der Waals surface area contributed by atoms with Crippen LogP contribution in [0.25, 0.3) is 0 Å². The lowest BCUT2D eigenvalue weighted by Gasteiger charge is -2.20. The van der Waals surface area contributed by atoms with Crippen molar-refractivity contribution in [2.75, 3.05) is 14.2 Å². The lowest BCUT2D eigenvalue weighted by atomic mass is 9.94. The molecule has 0 spiro atoms. The van der Waals surface area contributed by atoms with Crippen LogP contribution in [0.15, 0.2) is 18.2 Å². The summed E-state index contributed by atoms with van der Waals surface area (Å²) in [5.74, 6) is 6.11. The maximum atomic E-state index is 12.0. The van der Waals surface area contributed by atoms with Gasteiger partial charge in [-0.1, -0.05) is 17.7 Å². The van der Waals surface area contributed by atoms with Crippen LogP contribution in [-0.4, -0.2) is 25.1 Å². The van der Waals surface area contributed by atoms with Gasteiger partial charge in [0.1, 0.15) is 5.75 Å². The van der Waals surface area contributed by atoms with Gasteiger partial charge in [0.2, 0.25) is 5.91 Å². The minimum absolute atomic E-state index is 0.0930. The van der Waals surface area contributed by atoms with Crippen molar-refractivity contribution >= 4 is 17.5 Å². The van der Waals surface area contributed by atoms with Gasteiger partial charge in [-0.3, -0.25) is 9.80 Å². The standard InChI is InChI=1S/C12H15ClN2O2/c1-15(14)11(16)12(5-6-12)9-4-3-8(17-2)7-10(9)13/h3-4,7H,5-6,14H2,1-2H3. The topological polar surface area (TPSA) is 55.6 Å². The number of carbonyl (C=O) groups is 1. The zero-order valence-electron chi connectivity index (χ0n) is 9.87. The Labute approximate surface area is 105 Å². The fourth-order valence-corrected chi connectivity index (χ4v) is 2.42. The monoisotopic (exact) mass is 254 g/mol. The van der Waals surface area contributed by atoms with Gasteiger partial charge in [-0.15, -0.1) is 0 Å². The van der Waals surface area contributed by atoms with E-state index in [0.717, 1.165) is 23.4 Å². The van der Waals surface area contributed by atoms with Crippen LogP contribution >= 0.6 is 11.6 Å². The second-order valence-corrected chi connectivity index (χ2v) is 4.75. The molecular formula is C12H15ClN2O2. The van der Waals surface area contributed by atoms with E-state index in [9.17, 15) is 4.79 Å². The zero-order chi connectivity index (χ0) is 12.6. The van der Waals surface area contributed by atoms with E-state index in [4.69, 9.17) is 22.2 Å². The summed E-state index contributed by atoms with van der Waals surface area (Å²) in [6, 6.07) is 5.38. The van der Waals surface area contributed by atoms with Crippen LogP contribution < -0.4 is 10.6 Å². The number of amides is 1. The van der Waals surface area contributed by atoms with E-state index < -0.39 is 5.41 Å². The van der Waals surface area contributed by atoms with Gasteiger partial charge < -0.3 is 4.74 Å². The van der Waals surface area contributed by atoms with Crippen molar-refractivity contribution in [3.05, 3.63) is 28.8 Å². The number of methoxy groups -OCH3 is 1. The minimum Gasteiger partial charge on any atom is -0.497 e. The maximum Gasteiger partial charge on any atom is 0.246 e. The van der Waals surface area contributed by atoms with E-state index >= 15 is 0 Å². The molecule has 1 aromatic carbocycles. The van der Waals surface area contributed by atoms with E-state index in [2.05, 4.69) is 0 Å². The molecule has 1 saturated carbocycles. The molecule has 0 atom stereocenters. The summed E-state index contributed by atoms with van der Waals surface area (Å²) in [5.41, 5.74) is 0.314. The van der Waals surface area contributed by atoms with E-state index in [1.54, 1.807) is 20.2 Å². The summed E-state index contributed by atoms with van der Waals surface area (Å²) in [6.07, 6.45) is 1.58. The summed E-state index contributed by atoms with van der Waals surface area (Å²) in [4.78, 5) is 12.0. The van der Waals surface area contributed by atoms with E-state index in [1.807, 2.05) is 12.1 Å². The van der Waals surface area contributed by atoms with Gasteiger partial charge in [-0.05, 0) is 30.5 Å². The van der Waals surface area contributed by atoms with Crippen LogP contribution in [0.3, 0.4) is 0 Å². The Morgan fingerprint density at radius 2 is 2.18 bits per heavy atom. The molecule has 1 aliphatic carbocycles. The fraction of sp³-hybridized carbons (Fsp3) is 0.417. The van der Waals surface area contributed by atoms with Crippen molar-refractivity contribution in [3.8, 4) is 5.75 Å². The summed E-state index contributed by atoms with van der Waals surface area (Å²) in [5, 5.41) is 1.69. The number of halogens is 1. The predicted molar refractivity (Wildman–Crippen MR) is 65.9 cm³/mol. The molecule has 2 N–H and O–H groups in total. The second-order valence-electron chi connectivity index (χ2n) is 4.34. The number of ether oxygens (including phenoxy) is 1. The van der Waals surface area contributed by atoms with Gasteiger partial charge in [-0.25, -0.2) is 5.84 Å². The Morgan fingerprint density at radius 3 is 2.59 bits per heavy atom. The Bertz CT molecular complexity index is 456. The van der Waals surface area contributed by atoms with Crippen molar-refractivity contribution in [3.63, 3.8) is 0 Å². The van der Waals surface area contributed by atoms with Crippen molar-refractivity contribution in [1.82, 2.24) is 5.01 Å². The molecule has 0 aliphatic heterocycles. The third-order valence-electron chi connectivity index (χ3n) is 3.17. The number of rotatable bonds is 3. The SMILES string of the molecule is COc1ccc(C2(C(=O)N(C)N)CC2)c(Cl)c1. The number of nitrogens with two attached hydrogens (primary N) is 1. The molecule has 5 heteroatoms. The molecule has 0 bridgehead atoms. The lowest BCUT2D eigenvalue weighted by molar-refractivity contribution is -0.132. The third-order valence-corrected chi connectivity index (χ3v) is 3.48. The molecule has 0 aromatic heterocycles. The molecule has 4 nitrogen and oxygen atoms in total.